The van der Waals surface area contributed by atoms with Crippen LogP contribution in [0.5, 0.6) is 0 Å². The molecule has 0 fully saturated rings. The number of carbonyl (C=O) groups is 1. The van der Waals surface area contributed by atoms with E-state index in [0.717, 1.165) is 0 Å². The summed E-state index contributed by atoms with van der Waals surface area (Å²) in [6, 6.07) is 3.27. The number of pyridine rings is 1. The Morgan fingerprint density at radius 3 is 2.73 bits per heavy atom. The summed E-state index contributed by atoms with van der Waals surface area (Å²) in [5.41, 5.74) is -0.127. The van der Waals surface area contributed by atoms with Gasteiger partial charge in [0.25, 0.3) is 0 Å². The molecule has 1 heterocycles. The first-order valence-corrected chi connectivity index (χ1v) is 8.94. The Bertz CT molecular complexity index is 617. The molecule has 22 heavy (non-hydrogen) atoms. The molecule has 1 aromatic rings. The van der Waals surface area contributed by atoms with Crippen molar-refractivity contribution in [2.75, 3.05) is 12.4 Å². The number of aromatic nitrogens is 1. The third-order valence-corrected chi connectivity index (χ3v) is 4.64. The molecule has 0 amide bonds. The average molecular weight is 349 g/mol. The molecule has 0 saturated heterocycles. The van der Waals surface area contributed by atoms with Gasteiger partial charge in [-0.05, 0) is 44.9 Å². The predicted molar refractivity (Wildman–Crippen MR) is 84.9 cm³/mol. The van der Waals surface area contributed by atoms with Crippen molar-refractivity contribution >= 4 is 27.6 Å². The summed E-state index contributed by atoms with van der Waals surface area (Å²) in [6.07, 6.45) is 1.69. The Kier molecular flexibility index (Phi) is 6.77. The lowest BCUT2D eigenvalue weighted by Gasteiger charge is -2.22. The number of nitrogens with zero attached hydrogens (tertiary/aromatic N) is 1. The van der Waals surface area contributed by atoms with Gasteiger partial charge in [0.1, 0.15) is 5.15 Å². The number of ether oxygens (including phenoxy) is 1. The predicted octanol–water partition coefficient (Wildman–Crippen LogP) is 2.13. The number of sulfonamides is 1. The van der Waals surface area contributed by atoms with Crippen LogP contribution < -0.4 is 4.72 Å². The second-order valence-electron chi connectivity index (χ2n) is 5.48. The maximum Gasteiger partial charge on any atom is 0.311 e. The zero-order valence-corrected chi connectivity index (χ0v) is 14.5. The molecule has 124 valence electrons. The van der Waals surface area contributed by atoms with E-state index in [1.165, 1.54) is 6.20 Å². The summed E-state index contributed by atoms with van der Waals surface area (Å²) in [6.45, 7) is 5.46. The minimum Gasteiger partial charge on any atom is -0.466 e. The highest BCUT2D eigenvalue weighted by Crippen LogP contribution is 2.23. The zero-order chi connectivity index (χ0) is 16.8. The van der Waals surface area contributed by atoms with E-state index in [2.05, 4.69) is 9.71 Å². The van der Waals surface area contributed by atoms with Crippen LogP contribution >= 0.6 is 11.6 Å². The molecule has 0 saturated carbocycles. The van der Waals surface area contributed by atoms with Crippen LogP contribution in [0.2, 0.25) is 5.15 Å². The largest absolute Gasteiger partial charge is 0.466 e. The highest BCUT2D eigenvalue weighted by molar-refractivity contribution is 7.89. The molecule has 0 radical (unpaired) electrons. The molecule has 0 atom stereocenters. The third kappa shape index (κ3) is 6.29. The fraction of sp³-hybridized carbons (Fsp3) is 0.571. The number of hydrogen-bond acceptors (Lipinski definition) is 5. The lowest BCUT2D eigenvalue weighted by atomic mass is 9.90. The van der Waals surface area contributed by atoms with Crippen LogP contribution in [-0.4, -0.2) is 31.7 Å². The van der Waals surface area contributed by atoms with E-state index in [-0.39, 0.29) is 25.3 Å². The topological polar surface area (TPSA) is 85.4 Å². The summed E-state index contributed by atoms with van der Waals surface area (Å²) in [4.78, 5) is 15.6. The van der Waals surface area contributed by atoms with Gasteiger partial charge in [-0.3, -0.25) is 4.79 Å². The fourth-order valence-electron chi connectivity index (χ4n) is 1.64. The smallest absolute Gasteiger partial charge is 0.311 e. The molecule has 1 rings (SSSR count). The molecule has 0 aliphatic carbocycles. The van der Waals surface area contributed by atoms with Gasteiger partial charge in [0.05, 0.1) is 17.8 Å². The average Bonchev–Trinajstić information content (AvgIpc) is 2.44. The first-order chi connectivity index (χ1) is 10.2. The van der Waals surface area contributed by atoms with Gasteiger partial charge in [-0.1, -0.05) is 11.6 Å². The Morgan fingerprint density at radius 2 is 2.14 bits per heavy atom. The number of carbonyl (C=O) groups excluding carboxylic acids is 1. The quantitative estimate of drug-likeness (QED) is 0.574. The van der Waals surface area contributed by atoms with Crippen molar-refractivity contribution in [1.29, 1.82) is 0 Å². The first-order valence-electron chi connectivity index (χ1n) is 6.91. The van der Waals surface area contributed by atoms with Crippen LogP contribution in [0.1, 0.15) is 32.8 Å². The van der Waals surface area contributed by atoms with Gasteiger partial charge in [-0.2, -0.15) is 0 Å². The number of hydrogen-bond donors (Lipinski definition) is 1. The number of halogens is 1. The van der Waals surface area contributed by atoms with E-state index in [1.54, 1.807) is 32.9 Å². The summed E-state index contributed by atoms with van der Waals surface area (Å²) in [5.74, 6) is -0.552. The van der Waals surface area contributed by atoms with E-state index in [0.29, 0.717) is 10.7 Å². The summed E-state index contributed by atoms with van der Waals surface area (Å²) in [7, 11) is -3.50. The lowest BCUT2D eigenvalue weighted by molar-refractivity contribution is -0.153. The van der Waals surface area contributed by atoms with Gasteiger partial charge in [0.15, 0.2) is 0 Å². The molecule has 0 spiro atoms. The van der Waals surface area contributed by atoms with Crippen LogP contribution in [-0.2, 0) is 26.1 Å². The Labute approximate surface area is 136 Å². The highest BCUT2D eigenvalue weighted by Gasteiger charge is 2.30. The van der Waals surface area contributed by atoms with Crippen molar-refractivity contribution in [2.24, 2.45) is 5.41 Å². The summed E-state index contributed by atoms with van der Waals surface area (Å²) < 4.78 is 31.4. The van der Waals surface area contributed by atoms with Crippen molar-refractivity contribution < 1.29 is 17.9 Å². The second kappa shape index (κ2) is 7.89. The molecule has 0 bridgehead atoms. The van der Waals surface area contributed by atoms with Crippen LogP contribution in [0.25, 0.3) is 0 Å². The lowest BCUT2D eigenvalue weighted by Crippen LogP contribution is -2.33. The van der Waals surface area contributed by atoms with Gasteiger partial charge in [-0.15, -0.1) is 0 Å². The van der Waals surface area contributed by atoms with Crippen molar-refractivity contribution in [1.82, 2.24) is 9.71 Å². The molecule has 1 aromatic heterocycles. The SMILES string of the molecule is CCOC(=O)C(C)(C)CCS(=O)(=O)NCc1ccnc(Cl)c1. The molecule has 8 heteroatoms. The van der Waals surface area contributed by atoms with E-state index >= 15 is 0 Å². The van der Waals surface area contributed by atoms with Gasteiger partial charge < -0.3 is 4.74 Å². The van der Waals surface area contributed by atoms with E-state index in [9.17, 15) is 13.2 Å². The van der Waals surface area contributed by atoms with Gasteiger partial charge in [0.2, 0.25) is 10.0 Å². The van der Waals surface area contributed by atoms with Crippen molar-refractivity contribution in [3.63, 3.8) is 0 Å². The molecular weight excluding hydrogens is 328 g/mol. The van der Waals surface area contributed by atoms with Crippen LogP contribution in [0.4, 0.5) is 0 Å². The molecule has 0 aromatic carbocycles. The number of nitrogens with one attached hydrogen (secondary N) is 1. The Hall–Kier alpha value is -1.18. The van der Waals surface area contributed by atoms with Gasteiger partial charge >= 0.3 is 5.97 Å². The summed E-state index contributed by atoms with van der Waals surface area (Å²) in [5, 5.41) is 0.306. The molecule has 0 aliphatic heterocycles. The maximum absolute atomic E-state index is 12.0. The van der Waals surface area contributed by atoms with Crippen LogP contribution in [0.15, 0.2) is 18.3 Å². The molecule has 1 N–H and O–H groups in total. The standard InChI is InChI=1S/C14H21ClN2O4S/c1-4-21-13(18)14(2,3)6-8-22(19,20)17-10-11-5-7-16-12(15)9-11/h5,7,9,17H,4,6,8,10H2,1-3H3. The minimum atomic E-state index is -3.50. The second-order valence-corrected chi connectivity index (χ2v) is 7.79. The van der Waals surface area contributed by atoms with Crippen molar-refractivity contribution in [3.8, 4) is 0 Å². The third-order valence-electron chi connectivity index (χ3n) is 3.11. The number of esters is 1. The van der Waals surface area contributed by atoms with Crippen LogP contribution in [0, 0.1) is 5.41 Å². The van der Waals surface area contributed by atoms with Crippen molar-refractivity contribution in [3.05, 3.63) is 29.0 Å². The van der Waals surface area contributed by atoms with Gasteiger partial charge in [-0.25, -0.2) is 18.1 Å². The van der Waals surface area contributed by atoms with E-state index in [1.807, 2.05) is 0 Å². The molecular formula is C14H21ClN2O4S. The first kappa shape index (κ1) is 18.9. The Balaban J connectivity index is 2.55. The van der Waals surface area contributed by atoms with Gasteiger partial charge in [0, 0.05) is 12.7 Å². The number of rotatable bonds is 8. The maximum atomic E-state index is 12.0. The monoisotopic (exact) mass is 348 g/mol. The van der Waals surface area contributed by atoms with E-state index in [4.69, 9.17) is 16.3 Å². The van der Waals surface area contributed by atoms with Crippen LogP contribution in [0.3, 0.4) is 0 Å². The minimum absolute atomic E-state index is 0.129. The molecule has 0 aliphatic rings. The summed E-state index contributed by atoms with van der Waals surface area (Å²) >= 11 is 5.74. The molecule has 6 nitrogen and oxygen atoms in total. The molecule has 0 unspecified atom stereocenters. The van der Waals surface area contributed by atoms with Crippen molar-refractivity contribution in [2.45, 2.75) is 33.7 Å². The highest BCUT2D eigenvalue weighted by atomic mass is 35.5. The Morgan fingerprint density at radius 1 is 1.45 bits per heavy atom. The van der Waals surface area contributed by atoms with E-state index < -0.39 is 21.4 Å². The fourth-order valence-corrected chi connectivity index (χ4v) is 3.14. The zero-order valence-electron chi connectivity index (χ0n) is 12.9. The normalized spacial score (nSPS) is 12.2.